The summed E-state index contributed by atoms with van der Waals surface area (Å²) in [5.74, 6) is 1.32. The monoisotopic (exact) mass is 452 g/mol. The Morgan fingerprint density at radius 3 is 2.60 bits per heavy atom. The molecule has 0 spiro atoms. The fourth-order valence-electron chi connectivity index (χ4n) is 4.22. The van der Waals surface area contributed by atoms with Crippen LogP contribution in [0.25, 0.3) is 10.7 Å². The first kappa shape index (κ1) is 21.5. The minimum absolute atomic E-state index is 0.104. The van der Waals surface area contributed by atoms with E-state index in [2.05, 4.69) is 17.1 Å². The van der Waals surface area contributed by atoms with Crippen molar-refractivity contribution in [1.82, 2.24) is 19.3 Å². The van der Waals surface area contributed by atoms with Gasteiger partial charge in [-0.2, -0.15) is 9.29 Å². The van der Waals surface area contributed by atoms with Crippen molar-refractivity contribution < 1.29 is 17.7 Å². The van der Waals surface area contributed by atoms with Crippen molar-refractivity contribution in [3.05, 3.63) is 16.8 Å². The van der Waals surface area contributed by atoms with Crippen LogP contribution < -0.4 is 0 Å². The zero-order valence-electron chi connectivity index (χ0n) is 17.6. The maximum atomic E-state index is 13.4. The second-order valence-electron chi connectivity index (χ2n) is 8.38. The van der Waals surface area contributed by atoms with Crippen molar-refractivity contribution in [2.24, 2.45) is 11.8 Å². The lowest BCUT2D eigenvalue weighted by molar-refractivity contribution is -0.138. The number of amides is 1. The molecule has 2 aliphatic rings. The molecule has 1 amide bonds. The van der Waals surface area contributed by atoms with E-state index in [0.717, 1.165) is 32.4 Å². The summed E-state index contributed by atoms with van der Waals surface area (Å²) in [4.78, 5) is 20.7. The van der Waals surface area contributed by atoms with E-state index in [1.165, 1.54) is 15.6 Å². The quantitative estimate of drug-likeness (QED) is 0.707. The molecule has 0 aliphatic carbocycles. The highest BCUT2D eigenvalue weighted by molar-refractivity contribution is 7.89. The molecule has 4 rings (SSSR count). The van der Waals surface area contributed by atoms with Crippen molar-refractivity contribution in [3.8, 4) is 10.7 Å². The van der Waals surface area contributed by atoms with Gasteiger partial charge in [0, 0.05) is 38.0 Å². The molecule has 8 nitrogen and oxygen atoms in total. The van der Waals surface area contributed by atoms with Gasteiger partial charge in [0.1, 0.15) is 0 Å². The van der Waals surface area contributed by atoms with E-state index >= 15 is 0 Å². The highest BCUT2D eigenvalue weighted by Crippen LogP contribution is 2.35. The molecule has 0 aromatic carbocycles. The van der Waals surface area contributed by atoms with Gasteiger partial charge in [0.05, 0.1) is 15.7 Å². The van der Waals surface area contributed by atoms with Crippen LogP contribution in [0.5, 0.6) is 0 Å². The van der Waals surface area contributed by atoms with Gasteiger partial charge in [0.15, 0.2) is 0 Å². The van der Waals surface area contributed by atoms with Gasteiger partial charge in [-0.05, 0) is 44.6 Å². The van der Waals surface area contributed by atoms with Crippen molar-refractivity contribution in [1.29, 1.82) is 0 Å². The number of hydrogen-bond acceptors (Lipinski definition) is 7. The zero-order chi connectivity index (χ0) is 21.5. The number of carbonyl (C=O) groups excluding carboxylic acids is 1. The van der Waals surface area contributed by atoms with Crippen molar-refractivity contribution in [2.45, 2.75) is 51.3 Å². The van der Waals surface area contributed by atoms with E-state index in [9.17, 15) is 13.2 Å². The maximum Gasteiger partial charge on any atom is 0.244 e. The highest BCUT2D eigenvalue weighted by Gasteiger charge is 2.37. The summed E-state index contributed by atoms with van der Waals surface area (Å²) < 4.78 is 33.3. The van der Waals surface area contributed by atoms with Crippen LogP contribution in [0.2, 0.25) is 0 Å². The van der Waals surface area contributed by atoms with Crippen LogP contribution in [-0.2, 0) is 14.8 Å². The van der Waals surface area contributed by atoms with Gasteiger partial charge >= 0.3 is 0 Å². The van der Waals surface area contributed by atoms with E-state index in [0.29, 0.717) is 40.4 Å². The average molecular weight is 453 g/mol. The Morgan fingerprint density at radius 2 is 1.93 bits per heavy atom. The van der Waals surface area contributed by atoms with Gasteiger partial charge in [-0.25, -0.2) is 8.42 Å². The lowest BCUT2D eigenvalue weighted by Crippen LogP contribution is -2.48. The first-order valence-corrected chi connectivity index (χ1v) is 12.7. The van der Waals surface area contributed by atoms with Crippen LogP contribution in [0, 0.1) is 25.7 Å². The molecule has 0 radical (unpaired) electrons. The van der Waals surface area contributed by atoms with Crippen LogP contribution in [0.1, 0.15) is 43.4 Å². The van der Waals surface area contributed by atoms with Gasteiger partial charge in [-0.3, -0.25) is 4.79 Å². The number of carbonyl (C=O) groups is 1. The molecule has 2 fully saturated rings. The normalized spacial score (nSPS) is 21.8. The molecule has 10 heteroatoms. The molecule has 2 saturated heterocycles. The highest BCUT2D eigenvalue weighted by atomic mass is 32.2. The summed E-state index contributed by atoms with van der Waals surface area (Å²) >= 11 is 1.34. The van der Waals surface area contributed by atoms with E-state index < -0.39 is 10.0 Å². The van der Waals surface area contributed by atoms with Crippen molar-refractivity contribution in [3.63, 3.8) is 0 Å². The number of likely N-dealkylation sites (tertiary alicyclic amines) is 1. The molecule has 1 atom stereocenters. The topological polar surface area (TPSA) is 96.6 Å². The van der Waals surface area contributed by atoms with Gasteiger partial charge in [-0.15, -0.1) is 11.3 Å². The molecule has 0 saturated carbocycles. The zero-order valence-corrected chi connectivity index (χ0v) is 19.3. The largest absolute Gasteiger partial charge is 0.342 e. The van der Waals surface area contributed by atoms with Crippen molar-refractivity contribution in [2.75, 3.05) is 26.2 Å². The third kappa shape index (κ3) is 4.17. The number of sulfonamides is 1. The number of nitrogens with zero attached hydrogens (tertiary/aromatic N) is 4. The maximum absolute atomic E-state index is 13.4. The summed E-state index contributed by atoms with van der Waals surface area (Å²) in [6, 6.07) is 1.62. The summed E-state index contributed by atoms with van der Waals surface area (Å²) in [6.45, 7) is 7.94. The fraction of sp³-hybridized carbons (Fsp3) is 0.650. The average Bonchev–Trinajstić information content (AvgIpc) is 3.34. The second-order valence-corrected chi connectivity index (χ2v) is 11.5. The minimum atomic E-state index is -3.69. The third-order valence-corrected chi connectivity index (χ3v) is 9.23. The van der Waals surface area contributed by atoms with Crippen LogP contribution in [0.4, 0.5) is 0 Å². The summed E-state index contributed by atoms with van der Waals surface area (Å²) in [5.41, 5.74) is 0. The Hall–Kier alpha value is -1.78. The smallest absolute Gasteiger partial charge is 0.244 e. The standard InChI is InChI=1S/C20H28N4O4S2/c1-13-6-9-23(10-7-13)20(25)16-5-4-8-24(12-16)30(26,27)18-11-17(29-14(18)2)19-21-15(3)28-22-19/h11,13,16H,4-10,12H2,1-3H3. The molecule has 0 N–H and O–H groups in total. The Kier molecular flexibility index (Phi) is 6.00. The molecule has 0 bridgehead atoms. The molecule has 2 aromatic rings. The van der Waals surface area contributed by atoms with E-state index in [-0.39, 0.29) is 23.3 Å². The number of thiophene rings is 1. The first-order chi connectivity index (χ1) is 14.3. The molecule has 30 heavy (non-hydrogen) atoms. The third-order valence-electron chi connectivity index (χ3n) is 6.07. The van der Waals surface area contributed by atoms with Gasteiger partial charge in [0.2, 0.25) is 27.6 Å². The molecule has 4 heterocycles. The Labute approximate surface area is 181 Å². The van der Waals surface area contributed by atoms with Crippen molar-refractivity contribution >= 4 is 27.3 Å². The molecular formula is C20H28N4O4S2. The van der Waals surface area contributed by atoms with E-state index in [1.54, 1.807) is 19.9 Å². The van der Waals surface area contributed by atoms with Gasteiger partial charge in [0.25, 0.3) is 0 Å². The van der Waals surface area contributed by atoms with E-state index in [1.807, 2.05) is 4.90 Å². The van der Waals surface area contributed by atoms with Gasteiger partial charge in [-0.1, -0.05) is 12.1 Å². The summed E-state index contributed by atoms with van der Waals surface area (Å²) in [6.07, 6.45) is 3.48. The van der Waals surface area contributed by atoms with Gasteiger partial charge < -0.3 is 9.42 Å². The SMILES string of the molecule is Cc1nc(-c2cc(S(=O)(=O)N3CCCC(C(=O)N4CCC(C)CC4)C3)c(C)s2)no1. The van der Waals surface area contributed by atoms with Crippen LogP contribution in [0.15, 0.2) is 15.5 Å². The molecule has 2 aromatic heterocycles. The lowest BCUT2D eigenvalue weighted by atomic mass is 9.94. The fourth-order valence-corrected chi connectivity index (χ4v) is 7.23. The number of rotatable bonds is 4. The Bertz CT molecular complexity index is 1020. The van der Waals surface area contributed by atoms with E-state index in [4.69, 9.17) is 4.52 Å². The first-order valence-electron chi connectivity index (χ1n) is 10.5. The lowest BCUT2D eigenvalue weighted by Gasteiger charge is -2.36. The number of hydrogen-bond donors (Lipinski definition) is 0. The predicted octanol–water partition coefficient (Wildman–Crippen LogP) is 3.07. The Balaban J connectivity index is 1.51. The molecule has 1 unspecified atom stereocenters. The van der Waals surface area contributed by atoms with Crippen LogP contribution in [0.3, 0.4) is 0 Å². The summed E-state index contributed by atoms with van der Waals surface area (Å²) in [5, 5.41) is 3.89. The van der Waals surface area contributed by atoms with Crippen LogP contribution >= 0.6 is 11.3 Å². The molecular weight excluding hydrogens is 424 g/mol. The number of piperidine rings is 2. The Morgan fingerprint density at radius 1 is 1.20 bits per heavy atom. The van der Waals surface area contributed by atoms with Crippen LogP contribution in [-0.4, -0.2) is 59.8 Å². The summed E-state index contributed by atoms with van der Waals surface area (Å²) in [7, 11) is -3.69. The minimum Gasteiger partial charge on any atom is -0.342 e. The number of aromatic nitrogens is 2. The second kappa shape index (κ2) is 8.39. The number of aryl methyl sites for hydroxylation is 2. The molecule has 2 aliphatic heterocycles. The molecule has 164 valence electrons. The predicted molar refractivity (Wildman–Crippen MR) is 114 cm³/mol.